The van der Waals surface area contributed by atoms with Crippen molar-refractivity contribution in [1.29, 1.82) is 0 Å². The SMILES string of the molecule is Cc1ccc(=O)n(CCN2CCN(C(=O)C3Oc4ccccc4OC3C)CC2)n1. The van der Waals surface area contributed by atoms with E-state index in [4.69, 9.17) is 9.47 Å². The lowest BCUT2D eigenvalue weighted by Crippen LogP contribution is -2.56. The number of carbonyl (C=O) groups excluding carboxylic acids is 1. The van der Waals surface area contributed by atoms with Gasteiger partial charge in [-0.15, -0.1) is 0 Å². The van der Waals surface area contributed by atoms with Crippen molar-refractivity contribution in [2.75, 3.05) is 32.7 Å². The van der Waals surface area contributed by atoms with E-state index in [0.29, 0.717) is 31.1 Å². The van der Waals surface area contributed by atoms with Crippen LogP contribution in [-0.4, -0.2) is 70.4 Å². The van der Waals surface area contributed by atoms with Gasteiger partial charge in [0.1, 0.15) is 6.10 Å². The quantitative estimate of drug-likeness (QED) is 0.763. The molecule has 2 aromatic rings. The van der Waals surface area contributed by atoms with Crippen LogP contribution in [-0.2, 0) is 11.3 Å². The zero-order chi connectivity index (χ0) is 20.4. The van der Waals surface area contributed by atoms with Gasteiger partial charge in [0.2, 0.25) is 6.10 Å². The Balaban J connectivity index is 1.31. The maximum atomic E-state index is 13.0. The van der Waals surface area contributed by atoms with E-state index in [9.17, 15) is 9.59 Å². The summed E-state index contributed by atoms with van der Waals surface area (Å²) in [5.41, 5.74) is 0.735. The maximum Gasteiger partial charge on any atom is 0.267 e. The number of ether oxygens (including phenoxy) is 2. The number of rotatable bonds is 4. The number of aryl methyl sites for hydroxylation is 1. The van der Waals surface area contributed by atoms with E-state index in [-0.39, 0.29) is 17.6 Å². The number of amides is 1. The first-order valence-corrected chi connectivity index (χ1v) is 9.99. The fourth-order valence-corrected chi connectivity index (χ4v) is 3.71. The zero-order valence-electron chi connectivity index (χ0n) is 16.8. The molecule has 2 unspecified atom stereocenters. The number of hydrogen-bond donors (Lipinski definition) is 0. The lowest BCUT2D eigenvalue weighted by Gasteiger charge is -2.38. The molecule has 1 aromatic heterocycles. The van der Waals surface area contributed by atoms with Gasteiger partial charge >= 0.3 is 0 Å². The number of hydrogen-bond acceptors (Lipinski definition) is 6. The Morgan fingerprint density at radius 1 is 1.03 bits per heavy atom. The first-order chi connectivity index (χ1) is 14.0. The molecule has 2 atom stereocenters. The molecular formula is C21H26N4O4. The second-order valence-corrected chi connectivity index (χ2v) is 7.51. The lowest BCUT2D eigenvalue weighted by atomic mass is 10.1. The number of benzene rings is 1. The first kappa shape index (κ1) is 19.4. The van der Waals surface area contributed by atoms with Gasteiger partial charge < -0.3 is 14.4 Å². The molecule has 0 saturated carbocycles. The second kappa shape index (κ2) is 8.24. The van der Waals surface area contributed by atoms with Gasteiger partial charge in [-0.2, -0.15) is 5.10 Å². The summed E-state index contributed by atoms with van der Waals surface area (Å²) >= 11 is 0. The third-order valence-electron chi connectivity index (χ3n) is 5.40. The number of fused-ring (bicyclic) bond motifs is 1. The number of para-hydroxylation sites is 2. The minimum Gasteiger partial charge on any atom is -0.482 e. The first-order valence-electron chi connectivity index (χ1n) is 9.99. The average molecular weight is 398 g/mol. The molecule has 8 nitrogen and oxygen atoms in total. The van der Waals surface area contributed by atoms with Crippen molar-refractivity contribution in [2.45, 2.75) is 32.6 Å². The minimum absolute atomic E-state index is 0.0387. The van der Waals surface area contributed by atoms with Gasteiger partial charge in [0.05, 0.1) is 12.2 Å². The molecule has 29 heavy (non-hydrogen) atoms. The number of aromatic nitrogens is 2. The van der Waals surface area contributed by atoms with Gasteiger partial charge in [-0.3, -0.25) is 14.5 Å². The molecule has 0 N–H and O–H groups in total. The highest BCUT2D eigenvalue weighted by molar-refractivity contribution is 5.82. The van der Waals surface area contributed by atoms with Crippen LogP contribution in [0.25, 0.3) is 0 Å². The van der Waals surface area contributed by atoms with Crippen molar-refractivity contribution in [2.24, 2.45) is 0 Å². The van der Waals surface area contributed by atoms with E-state index in [2.05, 4.69) is 10.00 Å². The summed E-state index contributed by atoms with van der Waals surface area (Å²) in [6.07, 6.45) is -0.971. The van der Waals surface area contributed by atoms with Crippen molar-refractivity contribution in [1.82, 2.24) is 19.6 Å². The van der Waals surface area contributed by atoms with Crippen molar-refractivity contribution in [3.63, 3.8) is 0 Å². The van der Waals surface area contributed by atoms with Crippen LogP contribution in [0.2, 0.25) is 0 Å². The van der Waals surface area contributed by atoms with Crippen molar-refractivity contribution >= 4 is 5.91 Å². The Morgan fingerprint density at radius 3 is 2.45 bits per heavy atom. The van der Waals surface area contributed by atoms with E-state index >= 15 is 0 Å². The largest absolute Gasteiger partial charge is 0.482 e. The van der Waals surface area contributed by atoms with Crippen molar-refractivity contribution in [3.8, 4) is 11.5 Å². The molecule has 4 rings (SSSR count). The number of piperazine rings is 1. The fraction of sp³-hybridized carbons (Fsp3) is 0.476. The van der Waals surface area contributed by atoms with E-state index in [1.807, 2.05) is 43.0 Å². The molecule has 1 aromatic carbocycles. The molecular weight excluding hydrogens is 372 g/mol. The molecule has 2 aliphatic heterocycles. The van der Waals surface area contributed by atoms with Gasteiger partial charge in [-0.25, -0.2) is 4.68 Å². The third-order valence-corrected chi connectivity index (χ3v) is 5.40. The maximum absolute atomic E-state index is 13.0. The van der Waals surface area contributed by atoms with Crippen LogP contribution < -0.4 is 15.0 Å². The standard InChI is InChI=1S/C21H26N4O4/c1-15-7-8-19(26)25(22-15)14-11-23-9-12-24(13-10-23)21(27)20-16(2)28-17-5-3-4-6-18(17)29-20/h3-8,16,20H,9-14H2,1-2H3. The van der Waals surface area contributed by atoms with E-state index in [1.54, 1.807) is 12.1 Å². The Bertz CT molecular complexity index is 936. The molecule has 1 fully saturated rings. The van der Waals surface area contributed by atoms with Gasteiger partial charge in [0.25, 0.3) is 11.5 Å². The van der Waals surface area contributed by atoms with Crippen LogP contribution in [0.15, 0.2) is 41.2 Å². The monoisotopic (exact) mass is 398 g/mol. The fourth-order valence-electron chi connectivity index (χ4n) is 3.71. The normalized spacial score (nSPS) is 21.8. The summed E-state index contributed by atoms with van der Waals surface area (Å²) in [5, 5.41) is 4.27. The van der Waals surface area contributed by atoms with Crippen LogP contribution >= 0.6 is 0 Å². The van der Waals surface area contributed by atoms with Gasteiger partial charge in [-0.05, 0) is 32.0 Å². The number of nitrogens with zero attached hydrogens (tertiary/aromatic N) is 4. The molecule has 1 amide bonds. The van der Waals surface area contributed by atoms with Crippen LogP contribution in [0.3, 0.4) is 0 Å². The highest BCUT2D eigenvalue weighted by atomic mass is 16.6. The second-order valence-electron chi connectivity index (χ2n) is 7.51. The van der Waals surface area contributed by atoms with E-state index in [1.165, 1.54) is 4.68 Å². The molecule has 154 valence electrons. The van der Waals surface area contributed by atoms with Crippen molar-refractivity contribution < 1.29 is 14.3 Å². The summed E-state index contributed by atoms with van der Waals surface area (Å²) in [6.45, 7) is 7.77. The van der Waals surface area contributed by atoms with Crippen LogP contribution in [0.4, 0.5) is 0 Å². The molecule has 0 spiro atoms. The summed E-state index contributed by atoms with van der Waals surface area (Å²) in [6, 6.07) is 10.7. The molecule has 1 saturated heterocycles. The molecule has 0 aliphatic carbocycles. The molecule has 2 aliphatic rings. The van der Waals surface area contributed by atoms with E-state index < -0.39 is 6.10 Å². The van der Waals surface area contributed by atoms with Gasteiger partial charge in [0, 0.05) is 38.8 Å². The van der Waals surface area contributed by atoms with Gasteiger partial charge in [0.15, 0.2) is 11.5 Å². The summed E-state index contributed by atoms with van der Waals surface area (Å²) in [7, 11) is 0. The van der Waals surface area contributed by atoms with Crippen LogP contribution in [0.5, 0.6) is 11.5 Å². The van der Waals surface area contributed by atoms with Gasteiger partial charge in [-0.1, -0.05) is 12.1 Å². The Hall–Kier alpha value is -2.87. The Morgan fingerprint density at radius 2 is 1.72 bits per heavy atom. The van der Waals surface area contributed by atoms with Crippen molar-refractivity contribution in [3.05, 3.63) is 52.4 Å². The topological polar surface area (TPSA) is 76.9 Å². The Labute approximate surface area is 169 Å². The lowest BCUT2D eigenvalue weighted by molar-refractivity contribution is -0.146. The van der Waals surface area contributed by atoms with E-state index in [0.717, 1.165) is 25.3 Å². The molecule has 0 radical (unpaired) electrons. The summed E-state index contributed by atoms with van der Waals surface area (Å²) in [5.74, 6) is 1.25. The highest BCUT2D eigenvalue weighted by Gasteiger charge is 2.37. The third kappa shape index (κ3) is 4.27. The minimum atomic E-state index is -0.633. The molecule has 3 heterocycles. The predicted molar refractivity (Wildman–Crippen MR) is 107 cm³/mol. The zero-order valence-corrected chi connectivity index (χ0v) is 16.8. The molecule has 8 heteroatoms. The number of carbonyl (C=O) groups is 1. The smallest absolute Gasteiger partial charge is 0.267 e. The predicted octanol–water partition coefficient (Wildman–Crippen LogP) is 0.924. The van der Waals surface area contributed by atoms with Crippen LogP contribution in [0, 0.1) is 6.92 Å². The highest BCUT2D eigenvalue weighted by Crippen LogP contribution is 2.33. The average Bonchev–Trinajstić information content (AvgIpc) is 2.74. The summed E-state index contributed by atoms with van der Waals surface area (Å²) in [4.78, 5) is 29.0. The molecule has 0 bridgehead atoms. The Kier molecular flexibility index (Phi) is 5.53. The summed E-state index contributed by atoms with van der Waals surface area (Å²) < 4.78 is 13.3. The van der Waals surface area contributed by atoms with Crippen LogP contribution in [0.1, 0.15) is 12.6 Å².